The lowest BCUT2D eigenvalue weighted by Crippen LogP contribution is -1.77. The van der Waals surface area contributed by atoms with E-state index >= 15 is 0 Å². The zero-order chi connectivity index (χ0) is 6.28. The van der Waals surface area contributed by atoms with Crippen LogP contribution in [0.2, 0.25) is 0 Å². The standard InChI is InChI=1S/C2H6O.H4O2SSi/c1-2-3;1-3(2)4/h3H,2H2,1H3;4H3,(H,1,2)/p-1. The van der Waals surface area contributed by atoms with Crippen molar-refractivity contribution in [2.45, 2.75) is 6.92 Å². The van der Waals surface area contributed by atoms with Crippen LogP contribution < -0.4 is 0 Å². The molecule has 0 aromatic heterocycles. The average Bonchev–Trinajstić information content (AvgIpc) is 1.33. The van der Waals surface area contributed by atoms with Crippen LogP contribution in [0.15, 0.2) is 0 Å². The zero-order valence-corrected chi connectivity index (χ0v) is 7.20. The summed E-state index contributed by atoms with van der Waals surface area (Å²) in [5.41, 5.74) is 0. The molecule has 0 bridgehead atoms. The van der Waals surface area contributed by atoms with Crippen molar-refractivity contribution in [3.63, 3.8) is 0 Å². The van der Waals surface area contributed by atoms with Crippen LogP contribution in [-0.4, -0.2) is 29.9 Å². The van der Waals surface area contributed by atoms with Crippen molar-refractivity contribution in [3.8, 4) is 0 Å². The van der Waals surface area contributed by atoms with Crippen LogP contribution in [0.5, 0.6) is 0 Å². The van der Waals surface area contributed by atoms with E-state index in [1.807, 2.05) is 0 Å². The summed E-state index contributed by atoms with van der Waals surface area (Å²) < 4.78 is 18.1. The minimum Gasteiger partial charge on any atom is -0.778 e. The molecular formula is C2H9O3SSi-. The Hall–Kier alpha value is 0.287. The first-order valence-electron chi connectivity index (χ1n) is 1.76. The van der Waals surface area contributed by atoms with Gasteiger partial charge in [-0.05, 0) is 6.92 Å². The van der Waals surface area contributed by atoms with Crippen LogP contribution in [0.1, 0.15) is 6.92 Å². The van der Waals surface area contributed by atoms with Crippen LogP contribution in [0.4, 0.5) is 0 Å². The first kappa shape index (κ1) is 10.3. The van der Waals surface area contributed by atoms with Gasteiger partial charge in [0.1, 0.15) is 0 Å². The molecule has 0 aliphatic heterocycles. The fourth-order valence-corrected chi connectivity index (χ4v) is 0. The summed E-state index contributed by atoms with van der Waals surface area (Å²) in [6.07, 6.45) is 0. The number of aliphatic hydroxyl groups is 1. The molecule has 3 nitrogen and oxygen atoms in total. The van der Waals surface area contributed by atoms with Crippen molar-refractivity contribution in [3.05, 3.63) is 0 Å². The highest BCUT2D eigenvalue weighted by Gasteiger charge is 1.42. The summed E-state index contributed by atoms with van der Waals surface area (Å²) in [4.78, 5) is 0. The molecule has 0 fully saturated rings. The van der Waals surface area contributed by atoms with Gasteiger partial charge in [-0.2, -0.15) is 0 Å². The molecule has 0 aliphatic rings. The van der Waals surface area contributed by atoms with Gasteiger partial charge in [0.25, 0.3) is 0 Å². The Bertz CT molecular complexity index is 44.2. The van der Waals surface area contributed by atoms with Gasteiger partial charge in [0, 0.05) is 6.61 Å². The Morgan fingerprint density at radius 1 is 2.00 bits per heavy atom. The fraction of sp³-hybridized carbons (Fsp3) is 1.00. The summed E-state index contributed by atoms with van der Waals surface area (Å²) in [5, 5.41) is 7.57. The highest BCUT2D eigenvalue weighted by atomic mass is 32.4. The van der Waals surface area contributed by atoms with Gasteiger partial charge in [0.05, 0.1) is 9.39 Å². The summed E-state index contributed by atoms with van der Waals surface area (Å²) in [7, 11) is -1.46. The summed E-state index contributed by atoms with van der Waals surface area (Å²) in [6, 6.07) is 0. The molecule has 5 heteroatoms. The number of hydrogen-bond acceptors (Lipinski definition) is 3. The molecule has 0 aliphatic carbocycles. The number of rotatable bonds is 0. The fourth-order valence-electron chi connectivity index (χ4n) is 0. The predicted molar refractivity (Wildman–Crippen MR) is 31.6 cm³/mol. The maximum atomic E-state index is 9.06. The molecule has 0 amide bonds. The van der Waals surface area contributed by atoms with E-state index in [2.05, 4.69) is 0 Å². The van der Waals surface area contributed by atoms with E-state index in [-0.39, 0.29) is 16.0 Å². The molecule has 7 heavy (non-hydrogen) atoms. The molecule has 0 spiro atoms. The lowest BCUT2D eigenvalue weighted by Gasteiger charge is -1.85. The average molecular weight is 141 g/mol. The molecule has 0 saturated carbocycles. The maximum absolute atomic E-state index is 9.06. The molecule has 46 valence electrons. The van der Waals surface area contributed by atoms with Crippen molar-refractivity contribution in [1.29, 1.82) is 0 Å². The molecule has 0 heterocycles. The van der Waals surface area contributed by atoms with Gasteiger partial charge in [-0.3, -0.25) is 4.21 Å². The molecule has 0 radical (unpaired) electrons. The first-order valence-corrected chi connectivity index (χ1v) is 5.70. The molecule has 0 rings (SSSR count). The second-order valence-electron chi connectivity index (χ2n) is 0.718. The first-order chi connectivity index (χ1) is 3.15. The Morgan fingerprint density at radius 2 is 2.00 bits per heavy atom. The van der Waals surface area contributed by atoms with Gasteiger partial charge in [-0.1, -0.05) is 10.5 Å². The van der Waals surface area contributed by atoms with Gasteiger partial charge in [0.2, 0.25) is 0 Å². The van der Waals surface area contributed by atoms with E-state index in [0.717, 1.165) is 0 Å². The molecule has 1 unspecified atom stereocenters. The second-order valence-corrected chi connectivity index (χ2v) is 3.52. The summed E-state index contributed by atoms with van der Waals surface area (Å²) in [6.45, 7) is 1.93. The lowest BCUT2D eigenvalue weighted by atomic mass is 10.9. The van der Waals surface area contributed by atoms with E-state index in [1.54, 1.807) is 6.92 Å². The molecule has 1 atom stereocenters. The third kappa shape index (κ3) is 1400. The Kier molecular flexibility index (Phi) is 14.1. The van der Waals surface area contributed by atoms with E-state index in [0.29, 0.717) is 0 Å². The van der Waals surface area contributed by atoms with E-state index < -0.39 is 10.5 Å². The van der Waals surface area contributed by atoms with Crippen molar-refractivity contribution < 1.29 is 13.9 Å². The minimum absolute atomic E-state index is 0.250. The zero-order valence-electron chi connectivity index (χ0n) is 4.38. The maximum Gasteiger partial charge on any atom is 0.0928 e. The Labute approximate surface area is 48.1 Å². The highest BCUT2D eigenvalue weighted by Crippen LogP contribution is 1.41. The van der Waals surface area contributed by atoms with Crippen molar-refractivity contribution in [1.82, 2.24) is 0 Å². The van der Waals surface area contributed by atoms with Gasteiger partial charge in [-0.25, -0.2) is 0 Å². The van der Waals surface area contributed by atoms with Gasteiger partial charge < -0.3 is 9.66 Å². The molecule has 0 saturated heterocycles. The molecule has 0 aromatic carbocycles. The molecular weight excluding hydrogens is 132 g/mol. The molecule has 1 N–H and O–H groups in total. The smallest absolute Gasteiger partial charge is 0.0928 e. The lowest BCUT2D eigenvalue weighted by molar-refractivity contribution is 0.318. The van der Waals surface area contributed by atoms with E-state index in [1.165, 1.54) is 0 Å². The second kappa shape index (κ2) is 9.56. The monoisotopic (exact) mass is 141 g/mol. The topological polar surface area (TPSA) is 60.4 Å². The predicted octanol–water partition coefficient (Wildman–Crippen LogP) is -1.86. The number of hydrogen-bond donors (Lipinski definition) is 1. The van der Waals surface area contributed by atoms with E-state index in [4.69, 9.17) is 13.9 Å². The minimum atomic E-state index is -1.72. The third-order valence-electron chi connectivity index (χ3n) is 0. The molecule has 0 aromatic rings. The van der Waals surface area contributed by atoms with Crippen LogP contribution in [0.25, 0.3) is 0 Å². The number of aliphatic hydroxyl groups excluding tert-OH is 1. The van der Waals surface area contributed by atoms with Crippen LogP contribution >= 0.6 is 0 Å². The third-order valence-corrected chi connectivity index (χ3v) is 0. The van der Waals surface area contributed by atoms with Crippen molar-refractivity contribution >= 4 is 19.9 Å². The summed E-state index contributed by atoms with van der Waals surface area (Å²) >= 11 is 0. The van der Waals surface area contributed by atoms with Crippen LogP contribution in [-0.2, 0) is 10.5 Å². The van der Waals surface area contributed by atoms with E-state index in [9.17, 15) is 0 Å². The highest BCUT2D eigenvalue weighted by molar-refractivity contribution is 8.01. The Balaban J connectivity index is 0. The van der Waals surface area contributed by atoms with Crippen LogP contribution in [0.3, 0.4) is 0 Å². The van der Waals surface area contributed by atoms with Crippen molar-refractivity contribution in [2.75, 3.05) is 6.61 Å². The van der Waals surface area contributed by atoms with Gasteiger partial charge >= 0.3 is 0 Å². The van der Waals surface area contributed by atoms with Crippen LogP contribution in [0, 0.1) is 0 Å². The largest absolute Gasteiger partial charge is 0.778 e. The Morgan fingerprint density at radius 3 is 2.00 bits per heavy atom. The van der Waals surface area contributed by atoms with Gasteiger partial charge in [-0.15, -0.1) is 0 Å². The van der Waals surface area contributed by atoms with Gasteiger partial charge in [0.15, 0.2) is 0 Å². The van der Waals surface area contributed by atoms with Crippen molar-refractivity contribution in [2.24, 2.45) is 0 Å². The SMILES string of the molecule is CCO.O=S([O-])[SiH3]. The quantitative estimate of drug-likeness (QED) is 0.318. The normalized spacial score (nSPS) is 11.9. The summed E-state index contributed by atoms with van der Waals surface area (Å²) in [5.74, 6) is 0.